The maximum Gasteiger partial charge on any atom is 0.257 e. The lowest BCUT2D eigenvalue weighted by Crippen LogP contribution is -2.34. The maximum atomic E-state index is 12.2. The number of rotatable bonds is 6. The summed E-state index contributed by atoms with van der Waals surface area (Å²) in [5.74, 6) is 0.0951. The van der Waals surface area contributed by atoms with Crippen molar-refractivity contribution in [2.24, 2.45) is 0 Å². The van der Waals surface area contributed by atoms with Crippen LogP contribution in [0.2, 0.25) is 0 Å². The van der Waals surface area contributed by atoms with E-state index in [1.54, 1.807) is 6.07 Å². The molecule has 0 aliphatic rings. The predicted molar refractivity (Wildman–Crippen MR) is 67.9 cm³/mol. The summed E-state index contributed by atoms with van der Waals surface area (Å²) in [6.45, 7) is 2.66. The third-order valence-corrected chi connectivity index (χ3v) is 2.59. The van der Waals surface area contributed by atoms with Crippen LogP contribution in [0, 0.1) is 0 Å². The third kappa shape index (κ3) is 3.37. The van der Waals surface area contributed by atoms with Gasteiger partial charge in [-0.3, -0.25) is 4.79 Å². The lowest BCUT2D eigenvalue weighted by molar-refractivity contribution is 0.0719. The Labute approximate surface area is 107 Å². The van der Waals surface area contributed by atoms with Crippen LogP contribution in [-0.2, 0) is 0 Å². The van der Waals surface area contributed by atoms with E-state index < -0.39 is 0 Å². The van der Waals surface area contributed by atoms with Crippen molar-refractivity contribution >= 4 is 5.91 Å². The molecule has 1 aromatic carbocycles. The molecule has 1 aromatic rings. The number of hydrogen-bond acceptors (Lipinski definition) is 4. The van der Waals surface area contributed by atoms with Gasteiger partial charge in [-0.05, 0) is 18.6 Å². The molecule has 2 N–H and O–H groups in total. The summed E-state index contributed by atoms with van der Waals surface area (Å²) in [5.41, 5.74) is 0.220. The molecule has 100 valence electrons. The van der Waals surface area contributed by atoms with Crippen molar-refractivity contribution in [2.45, 2.75) is 13.3 Å². The molecule has 0 aromatic heterocycles. The van der Waals surface area contributed by atoms with E-state index in [0.29, 0.717) is 12.3 Å². The number of phenols is 1. The van der Waals surface area contributed by atoms with Gasteiger partial charge in [0.15, 0.2) is 0 Å². The average Bonchev–Trinajstić information content (AvgIpc) is 2.37. The van der Waals surface area contributed by atoms with Gasteiger partial charge in [-0.25, -0.2) is 0 Å². The van der Waals surface area contributed by atoms with E-state index in [1.807, 2.05) is 6.92 Å². The zero-order valence-corrected chi connectivity index (χ0v) is 10.7. The van der Waals surface area contributed by atoms with E-state index >= 15 is 0 Å². The summed E-state index contributed by atoms with van der Waals surface area (Å²) in [6, 6.07) is 4.54. The average molecular weight is 253 g/mol. The number of methoxy groups -OCH3 is 1. The Morgan fingerprint density at radius 3 is 2.61 bits per heavy atom. The highest BCUT2D eigenvalue weighted by Crippen LogP contribution is 2.24. The minimum atomic E-state index is -0.286. The molecule has 0 aliphatic carbocycles. The standard InChI is InChI=1S/C13H19NO4/c1-3-6-14(7-8-15)13(17)11-5-4-10(18-2)9-12(11)16/h4-5,9,15-16H,3,6-8H2,1-2H3. The van der Waals surface area contributed by atoms with Crippen molar-refractivity contribution in [3.8, 4) is 11.5 Å². The number of aromatic hydroxyl groups is 1. The molecule has 18 heavy (non-hydrogen) atoms. The monoisotopic (exact) mass is 253 g/mol. The van der Waals surface area contributed by atoms with Crippen molar-refractivity contribution in [3.63, 3.8) is 0 Å². The van der Waals surface area contributed by atoms with Gasteiger partial charge in [0.2, 0.25) is 0 Å². The maximum absolute atomic E-state index is 12.2. The van der Waals surface area contributed by atoms with Crippen LogP contribution in [0.5, 0.6) is 11.5 Å². The van der Waals surface area contributed by atoms with Crippen molar-refractivity contribution < 1.29 is 19.7 Å². The third-order valence-electron chi connectivity index (χ3n) is 2.59. The molecule has 5 heteroatoms. The van der Waals surface area contributed by atoms with E-state index in [0.717, 1.165) is 6.42 Å². The lowest BCUT2D eigenvalue weighted by Gasteiger charge is -2.21. The summed E-state index contributed by atoms with van der Waals surface area (Å²) in [4.78, 5) is 13.7. The van der Waals surface area contributed by atoms with Crippen LogP contribution < -0.4 is 4.74 Å². The number of benzene rings is 1. The van der Waals surface area contributed by atoms with Crippen molar-refractivity contribution in [1.82, 2.24) is 4.90 Å². The molecule has 0 atom stereocenters. The largest absolute Gasteiger partial charge is 0.507 e. The van der Waals surface area contributed by atoms with Crippen LogP contribution in [0.3, 0.4) is 0 Å². The first kappa shape index (κ1) is 14.3. The number of ether oxygens (including phenoxy) is 1. The molecule has 1 rings (SSSR count). The molecule has 0 fully saturated rings. The number of carbonyl (C=O) groups is 1. The van der Waals surface area contributed by atoms with Gasteiger partial charge in [0.05, 0.1) is 19.3 Å². The second-order valence-corrected chi connectivity index (χ2v) is 3.90. The summed E-state index contributed by atoms with van der Waals surface area (Å²) in [7, 11) is 1.49. The highest BCUT2D eigenvalue weighted by atomic mass is 16.5. The smallest absolute Gasteiger partial charge is 0.257 e. The molecular formula is C13H19NO4. The Hall–Kier alpha value is -1.75. The molecular weight excluding hydrogens is 234 g/mol. The minimum Gasteiger partial charge on any atom is -0.507 e. The number of carbonyl (C=O) groups excluding carboxylic acids is 1. The van der Waals surface area contributed by atoms with Gasteiger partial charge in [-0.15, -0.1) is 0 Å². The molecule has 0 bridgehead atoms. The van der Waals surface area contributed by atoms with Crippen molar-refractivity contribution in [3.05, 3.63) is 23.8 Å². The van der Waals surface area contributed by atoms with Gasteiger partial charge >= 0.3 is 0 Å². The number of aliphatic hydroxyl groups excluding tert-OH is 1. The van der Waals surface area contributed by atoms with Crippen LogP contribution in [-0.4, -0.2) is 47.8 Å². The molecule has 0 unspecified atom stereocenters. The second-order valence-electron chi connectivity index (χ2n) is 3.90. The van der Waals surface area contributed by atoms with Crippen LogP contribution in [0.4, 0.5) is 0 Å². The lowest BCUT2D eigenvalue weighted by atomic mass is 10.1. The second kappa shape index (κ2) is 6.86. The van der Waals surface area contributed by atoms with Gasteiger partial charge in [0.25, 0.3) is 5.91 Å². The summed E-state index contributed by atoms with van der Waals surface area (Å²) < 4.78 is 4.96. The molecule has 0 radical (unpaired) electrons. The fraction of sp³-hybridized carbons (Fsp3) is 0.462. The Bertz CT molecular complexity index is 400. The quantitative estimate of drug-likeness (QED) is 0.800. The summed E-state index contributed by atoms with van der Waals surface area (Å²) in [6.07, 6.45) is 0.794. The molecule has 0 heterocycles. The molecule has 5 nitrogen and oxygen atoms in total. The zero-order chi connectivity index (χ0) is 13.5. The summed E-state index contributed by atoms with van der Waals surface area (Å²) in [5, 5.41) is 18.7. The van der Waals surface area contributed by atoms with Crippen LogP contribution in [0.1, 0.15) is 23.7 Å². The van der Waals surface area contributed by atoms with Crippen LogP contribution >= 0.6 is 0 Å². The first-order chi connectivity index (χ1) is 8.63. The van der Waals surface area contributed by atoms with Gasteiger partial charge in [-0.2, -0.15) is 0 Å². The van der Waals surface area contributed by atoms with E-state index in [1.165, 1.54) is 24.1 Å². The number of amides is 1. The van der Waals surface area contributed by atoms with Crippen LogP contribution in [0.15, 0.2) is 18.2 Å². The van der Waals surface area contributed by atoms with Crippen LogP contribution in [0.25, 0.3) is 0 Å². The highest BCUT2D eigenvalue weighted by Gasteiger charge is 2.18. The Morgan fingerprint density at radius 1 is 1.39 bits per heavy atom. The zero-order valence-electron chi connectivity index (χ0n) is 10.7. The van der Waals surface area contributed by atoms with Gasteiger partial charge in [0, 0.05) is 19.2 Å². The Balaban J connectivity index is 2.93. The normalized spacial score (nSPS) is 10.2. The number of hydrogen-bond donors (Lipinski definition) is 2. The Morgan fingerprint density at radius 2 is 2.11 bits per heavy atom. The number of phenolic OH excluding ortho intramolecular Hbond substituents is 1. The molecule has 0 aliphatic heterocycles. The number of nitrogens with zero attached hydrogens (tertiary/aromatic N) is 1. The minimum absolute atomic E-state index is 0.0946. The van der Waals surface area contributed by atoms with E-state index in [4.69, 9.17) is 9.84 Å². The first-order valence-electron chi connectivity index (χ1n) is 5.91. The highest BCUT2D eigenvalue weighted by molar-refractivity contribution is 5.97. The molecule has 0 spiro atoms. The SMILES string of the molecule is CCCN(CCO)C(=O)c1ccc(OC)cc1O. The topological polar surface area (TPSA) is 70.0 Å². The first-order valence-corrected chi connectivity index (χ1v) is 5.91. The van der Waals surface area contributed by atoms with Crippen molar-refractivity contribution in [1.29, 1.82) is 0 Å². The van der Waals surface area contributed by atoms with E-state index in [9.17, 15) is 9.90 Å². The van der Waals surface area contributed by atoms with Gasteiger partial charge in [0.1, 0.15) is 11.5 Å². The number of aliphatic hydroxyl groups is 1. The molecule has 1 amide bonds. The summed E-state index contributed by atoms with van der Waals surface area (Å²) >= 11 is 0. The predicted octanol–water partition coefficient (Wildman–Crippen LogP) is 1.25. The fourth-order valence-electron chi connectivity index (χ4n) is 1.70. The van der Waals surface area contributed by atoms with Gasteiger partial charge < -0.3 is 19.8 Å². The fourth-order valence-corrected chi connectivity index (χ4v) is 1.70. The van der Waals surface area contributed by atoms with Crippen molar-refractivity contribution in [2.75, 3.05) is 26.8 Å². The van der Waals surface area contributed by atoms with E-state index in [-0.39, 0.29) is 30.4 Å². The molecule has 0 saturated heterocycles. The van der Waals surface area contributed by atoms with Gasteiger partial charge in [-0.1, -0.05) is 6.92 Å². The Kier molecular flexibility index (Phi) is 5.45. The van der Waals surface area contributed by atoms with E-state index in [2.05, 4.69) is 0 Å². The molecule has 0 saturated carbocycles.